The molecule has 1 heterocycles. The van der Waals surface area contributed by atoms with Crippen LogP contribution in [0.5, 0.6) is 0 Å². The number of nitrogens with two attached hydrogens (primary N) is 1. The first-order valence-electron chi connectivity index (χ1n) is 5.72. The second-order valence-electron chi connectivity index (χ2n) is 3.87. The Balaban J connectivity index is 2.02. The highest BCUT2D eigenvalue weighted by Gasteiger charge is 2.27. The maximum absolute atomic E-state index is 11.9. The molecule has 5 nitrogen and oxygen atoms in total. The minimum Gasteiger partial charge on any atom is -0.334 e. The van der Waals surface area contributed by atoms with E-state index in [2.05, 4.69) is 22.5 Å². The van der Waals surface area contributed by atoms with Gasteiger partial charge in [-0.15, -0.1) is 0 Å². The van der Waals surface area contributed by atoms with E-state index >= 15 is 0 Å². The molecule has 1 aliphatic rings. The molecule has 1 aromatic rings. The molecule has 19 heavy (non-hydrogen) atoms. The van der Waals surface area contributed by atoms with E-state index in [4.69, 9.17) is 5.73 Å². The van der Waals surface area contributed by atoms with Gasteiger partial charge in [0.05, 0.1) is 6.54 Å². The lowest BCUT2D eigenvalue weighted by atomic mass is 10.2. The van der Waals surface area contributed by atoms with Gasteiger partial charge in [0, 0.05) is 17.0 Å². The van der Waals surface area contributed by atoms with E-state index in [1.807, 2.05) is 6.07 Å². The van der Waals surface area contributed by atoms with Crippen LogP contribution in [0.25, 0.3) is 0 Å². The first-order valence-corrected chi connectivity index (χ1v) is 6.71. The average Bonchev–Trinajstić information content (AvgIpc) is 2.83. The third-order valence-corrected chi connectivity index (χ3v) is 3.33. The van der Waals surface area contributed by atoms with Crippen molar-refractivity contribution in [1.29, 1.82) is 0 Å². The van der Waals surface area contributed by atoms with Crippen molar-refractivity contribution < 1.29 is 9.59 Å². The summed E-state index contributed by atoms with van der Waals surface area (Å²) in [4.78, 5) is 22.9. The standard InChI is InChI=1S/C13H13N3O2S/c14-6-2-4-9-3-1-5-10(7-9)15-12(17)11-8-19-13(18)16-11/h1,3,5,7,11H,6,8,14H2,(H,15,17)(H,16,18). The Bertz CT molecular complexity index is 562. The SMILES string of the molecule is NCC#Cc1cccc(NC(=O)C2CSC(=O)N2)c1. The molecule has 2 amide bonds. The smallest absolute Gasteiger partial charge is 0.279 e. The van der Waals surface area contributed by atoms with Crippen molar-refractivity contribution in [1.82, 2.24) is 5.32 Å². The van der Waals surface area contributed by atoms with Gasteiger partial charge in [-0.2, -0.15) is 0 Å². The lowest BCUT2D eigenvalue weighted by Gasteiger charge is -2.10. The van der Waals surface area contributed by atoms with Crippen LogP contribution < -0.4 is 16.4 Å². The van der Waals surface area contributed by atoms with E-state index in [9.17, 15) is 9.59 Å². The number of rotatable bonds is 2. The van der Waals surface area contributed by atoms with Gasteiger partial charge in [-0.05, 0) is 18.2 Å². The molecule has 0 aliphatic carbocycles. The van der Waals surface area contributed by atoms with E-state index in [0.29, 0.717) is 18.0 Å². The molecule has 2 rings (SSSR count). The molecule has 0 bridgehead atoms. The van der Waals surface area contributed by atoms with Crippen molar-refractivity contribution in [2.45, 2.75) is 6.04 Å². The van der Waals surface area contributed by atoms with Crippen molar-refractivity contribution in [2.24, 2.45) is 5.73 Å². The van der Waals surface area contributed by atoms with Crippen molar-refractivity contribution in [3.63, 3.8) is 0 Å². The van der Waals surface area contributed by atoms with Crippen molar-refractivity contribution in [3.8, 4) is 11.8 Å². The fourth-order valence-electron chi connectivity index (χ4n) is 1.58. The Labute approximate surface area is 115 Å². The topological polar surface area (TPSA) is 84.2 Å². The van der Waals surface area contributed by atoms with Gasteiger partial charge in [0.2, 0.25) is 5.91 Å². The monoisotopic (exact) mass is 275 g/mol. The summed E-state index contributed by atoms with van der Waals surface area (Å²) in [7, 11) is 0. The van der Waals surface area contributed by atoms with E-state index in [-0.39, 0.29) is 11.1 Å². The molecular weight excluding hydrogens is 262 g/mol. The Morgan fingerprint density at radius 1 is 1.58 bits per heavy atom. The van der Waals surface area contributed by atoms with E-state index < -0.39 is 6.04 Å². The van der Waals surface area contributed by atoms with E-state index in [1.165, 1.54) is 0 Å². The Morgan fingerprint density at radius 2 is 2.42 bits per heavy atom. The minimum absolute atomic E-state index is 0.164. The van der Waals surface area contributed by atoms with Gasteiger partial charge in [-0.25, -0.2) is 0 Å². The van der Waals surface area contributed by atoms with Crippen LogP contribution in [-0.4, -0.2) is 29.5 Å². The van der Waals surface area contributed by atoms with Gasteiger partial charge < -0.3 is 16.4 Å². The summed E-state index contributed by atoms with van der Waals surface area (Å²) >= 11 is 1.11. The maximum atomic E-state index is 11.9. The Kier molecular flexibility index (Phi) is 4.44. The van der Waals surface area contributed by atoms with Gasteiger partial charge in [0.25, 0.3) is 5.24 Å². The maximum Gasteiger partial charge on any atom is 0.279 e. The molecule has 4 N–H and O–H groups in total. The molecule has 1 aliphatic heterocycles. The fourth-order valence-corrected chi connectivity index (χ4v) is 2.36. The van der Waals surface area contributed by atoms with Crippen LogP contribution >= 0.6 is 11.8 Å². The molecular formula is C13H13N3O2S. The van der Waals surface area contributed by atoms with Crippen LogP contribution in [-0.2, 0) is 4.79 Å². The molecule has 0 saturated carbocycles. The zero-order chi connectivity index (χ0) is 13.7. The molecule has 98 valence electrons. The molecule has 1 saturated heterocycles. The van der Waals surface area contributed by atoms with Gasteiger partial charge in [0.15, 0.2) is 0 Å². The fraction of sp³-hybridized carbons (Fsp3) is 0.231. The van der Waals surface area contributed by atoms with Crippen LogP contribution in [0.2, 0.25) is 0 Å². The molecule has 1 aromatic carbocycles. The van der Waals surface area contributed by atoms with E-state index in [1.54, 1.807) is 18.2 Å². The normalized spacial score (nSPS) is 17.3. The van der Waals surface area contributed by atoms with Gasteiger partial charge in [-0.3, -0.25) is 9.59 Å². The first kappa shape index (κ1) is 13.5. The molecule has 6 heteroatoms. The van der Waals surface area contributed by atoms with Crippen molar-refractivity contribution >= 4 is 28.6 Å². The number of benzene rings is 1. The number of anilines is 1. The highest BCUT2D eigenvalue weighted by molar-refractivity contribution is 8.14. The number of nitrogens with one attached hydrogen (secondary N) is 2. The molecule has 0 spiro atoms. The number of hydrogen-bond donors (Lipinski definition) is 3. The molecule has 0 radical (unpaired) electrons. The quantitative estimate of drug-likeness (QED) is 0.696. The van der Waals surface area contributed by atoms with Crippen molar-refractivity contribution in [3.05, 3.63) is 29.8 Å². The van der Waals surface area contributed by atoms with Crippen LogP contribution in [0.15, 0.2) is 24.3 Å². The minimum atomic E-state index is -0.476. The summed E-state index contributed by atoms with van der Waals surface area (Å²) in [5, 5.41) is 5.18. The first-order chi connectivity index (χ1) is 9.19. The third-order valence-electron chi connectivity index (χ3n) is 2.45. The number of thioether (sulfide) groups is 1. The van der Waals surface area contributed by atoms with Gasteiger partial charge in [-0.1, -0.05) is 29.7 Å². The second kappa shape index (κ2) is 6.27. The van der Waals surface area contributed by atoms with Crippen LogP contribution in [0.1, 0.15) is 5.56 Å². The Morgan fingerprint density at radius 3 is 3.11 bits per heavy atom. The highest BCUT2D eigenvalue weighted by Crippen LogP contribution is 2.15. The zero-order valence-corrected chi connectivity index (χ0v) is 10.9. The molecule has 0 aromatic heterocycles. The predicted octanol–water partition coefficient (Wildman–Crippen LogP) is 0.760. The summed E-state index contributed by atoms with van der Waals surface area (Å²) in [5.41, 5.74) is 6.74. The molecule has 1 atom stereocenters. The summed E-state index contributed by atoms with van der Waals surface area (Å²) in [6.07, 6.45) is 0. The predicted molar refractivity (Wildman–Crippen MR) is 75.8 cm³/mol. The largest absolute Gasteiger partial charge is 0.334 e. The summed E-state index contributed by atoms with van der Waals surface area (Å²) in [6.45, 7) is 0.294. The lowest BCUT2D eigenvalue weighted by molar-refractivity contribution is -0.117. The van der Waals surface area contributed by atoms with Crippen LogP contribution in [0.4, 0.5) is 10.5 Å². The number of carbonyl (C=O) groups is 2. The van der Waals surface area contributed by atoms with Gasteiger partial charge in [0.1, 0.15) is 6.04 Å². The molecule has 1 unspecified atom stereocenters. The number of hydrogen-bond acceptors (Lipinski definition) is 4. The summed E-state index contributed by atoms with van der Waals surface area (Å²) < 4.78 is 0. The number of amides is 2. The van der Waals surface area contributed by atoms with E-state index in [0.717, 1.165) is 17.3 Å². The average molecular weight is 275 g/mol. The zero-order valence-electron chi connectivity index (χ0n) is 10.1. The number of carbonyl (C=O) groups excluding carboxylic acids is 2. The summed E-state index contributed by atoms with van der Waals surface area (Å²) in [6, 6.07) is 6.71. The second-order valence-corrected chi connectivity index (χ2v) is 4.86. The van der Waals surface area contributed by atoms with Crippen LogP contribution in [0.3, 0.4) is 0 Å². The molecule has 1 fully saturated rings. The van der Waals surface area contributed by atoms with Crippen molar-refractivity contribution in [2.75, 3.05) is 17.6 Å². The third kappa shape index (κ3) is 3.74. The highest BCUT2D eigenvalue weighted by atomic mass is 32.2. The van der Waals surface area contributed by atoms with Crippen LogP contribution in [0, 0.1) is 11.8 Å². The Hall–Kier alpha value is -1.97. The summed E-state index contributed by atoms with van der Waals surface area (Å²) in [5.74, 6) is 5.88. The van der Waals surface area contributed by atoms with Gasteiger partial charge >= 0.3 is 0 Å². The lowest BCUT2D eigenvalue weighted by Crippen LogP contribution is -2.38.